The number of ether oxygens (including phenoxy) is 1. The minimum absolute atomic E-state index is 0.128. The number of hydrogen-bond acceptors (Lipinski definition) is 5. The van der Waals surface area contributed by atoms with Crippen LogP contribution in [0.15, 0.2) is 77.2 Å². The highest BCUT2D eigenvalue weighted by molar-refractivity contribution is 6.42. The summed E-state index contributed by atoms with van der Waals surface area (Å²) in [5.74, 6) is 0.854. The molecule has 0 aliphatic heterocycles. The van der Waals surface area contributed by atoms with Gasteiger partial charge in [-0.15, -0.1) is 10.2 Å². The second kappa shape index (κ2) is 8.98. The molecule has 150 valence electrons. The average Bonchev–Trinajstić information content (AvgIpc) is 3.25. The first kappa shape index (κ1) is 19.9. The van der Waals surface area contributed by atoms with E-state index >= 15 is 0 Å². The smallest absolute Gasteiger partial charge is 0.262 e. The normalized spacial score (nSPS) is 10.6. The molecule has 1 amide bonds. The van der Waals surface area contributed by atoms with Crippen molar-refractivity contribution in [1.82, 2.24) is 10.2 Å². The molecule has 1 heterocycles. The second-order valence-corrected chi connectivity index (χ2v) is 7.05. The quantitative estimate of drug-likeness (QED) is 0.415. The third-order valence-corrected chi connectivity index (χ3v) is 4.88. The molecule has 0 unspecified atom stereocenters. The van der Waals surface area contributed by atoms with E-state index in [-0.39, 0.29) is 24.3 Å². The summed E-state index contributed by atoms with van der Waals surface area (Å²) in [6.45, 7) is -0.128. The van der Waals surface area contributed by atoms with Crippen LogP contribution in [0.1, 0.15) is 0 Å². The van der Waals surface area contributed by atoms with Crippen LogP contribution in [0.25, 0.3) is 22.9 Å². The van der Waals surface area contributed by atoms with E-state index in [9.17, 15) is 4.79 Å². The van der Waals surface area contributed by atoms with Crippen LogP contribution in [0.2, 0.25) is 10.0 Å². The van der Waals surface area contributed by atoms with Gasteiger partial charge in [0, 0.05) is 5.56 Å². The van der Waals surface area contributed by atoms with Crippen molar-refractivity contribution in [2.45, 2.75) is 0 Å². The number of aromatic nitrogens is 2. The molecule has 4 rings (SSSR count). The van der Waals surface area contributed by atoms with Crippen LogP contribution in [-0.2, 0) is 4.79 Å². The number of hydrogen-bond donors (Lipinski definition) is 1. The van der Waals surface area contributed by atoms with Crippen molar-refractivity contribution in [3.05, 3.63) is 82.8 Å². The Hall–Kier alpha value is -3.35. The summed E-state index contributed by atoms with van der Waals surface area (Å²) in [5.41, 5.74) is 1.76. The Morgan fingerprint density at radius 3 is 2.43 bits per heavy atom. The fourth-order valence-corrected chi connectivity index (χ4v) is 3.01. The first-order valence-corrected chi connectivity index (χ1v) is 9.72. The number of nitrogens with zero attached hydrogens (tertiary/aromatic N) is 2. The molecule has 0 bridgehead atoms. The Kier molecular flexibility index (Phi) is 5.97. The Morgan fingerprint density at radius 2 is 1.63 bits per heavy atom. The van der Waals surface area contributed by atoms with Gasteiger partial charge in [-0.05, 0) is 42.5 Å². The van der Waals surface area contributed by atoms with Crippen molar-refractivity contribution >= 4 is 34.8 Å². The number of carbonyl (C=O) groups excluding carboxylic acids is 1. The summed E-state index contributed by atoms with van der Waals surface area (Å²) >= 11 is 12.0. The summed E-state index contributed by atoms with van der Waals surface area (Å²) in [4.78, 5) is 12.3. The van der Waals surface area contributed by atoms with Gasteiger partial charge < -0.3 is 14.5 Å². The van der Waals surface area contributed by atoms with Crippen molar-refractivity contribution in [3.63, 3.8) is 0 Å². The first-order valence-electron chi connectivity index (χ1n) is 8.96. The summed E-state index contributed by atoms with van der Waals surface area (Å²) in [6.07, 6.45) is 0. The molecule has 30 heavy (non-hydrogen) atoms. The largest absolute Gasteiger partial charge is 0.484 e. The van der Waals surface area contributed by atoms with Crippen molar-refractivity contribution in [2.24, 2.45) is 0 Å². The second-order valence-electron chi connectivity index (χ2n) is 6.24. The Morgan fingerprint density at radius 1 is 0.900 bits per heavy atom. The van der Waals surface area contributed by atoms with E-state index in [4.69, 9.17) is 32.4 Å². The number of anilines is 1. The number of amides is 1. The van der Waals surface area contributed by atoms with Crippen LogP contribution in [0.5, 0.6) is 5.75 Å². The maximum Gasteiger partial charge on any atom is 0.262 e. The molecule has 0 fully saturated rings. The number of para-hydroxylation sites is 2. The van der Waals surface area contributed by atoms with Crippen molar-refractivity contribution in [3.8, 4) is 28.7 Å². The summed E-state index contributed by atoms with van der Waals surface area (Å²) in [6, 6.07) is 21.3. The van der Waals surface area contributed by atoms with Gasteiger partial charge >= 0.3 is 0 Å². The van der Waals surface area contributed by atoms with Gasteiger partial charge in [0.05, 0.1) is 21.3 Å². The van der Waals surface area contributed by atoms with Gasteiger partial charge in [-0.25, -0.2) is 0 Å². The highest BCUT2D eigenvalue weighted by Gasteiger charge is 2.16. The monoisotopic (exact) mass is 439 g/mol. The molecule has 0 atom stereocenters. The Labute approximate surface area is 182 Å². The van der Waals surface area contributed by atoms with Crippen LogP contribution >= 0.6 is 23.2 Å². The maximum absolute atomic E-state index is 12.3. The van der Waals surface area contributed by atoms with E-state index in [0.29, 0.717) is 32.6 Å². The van der Waals surface area contributed by atoms with Crippen LogP contribution in [0, 0.1) is 0 Å². The highest BCUT2D eigenvalue weighted by atomic mass is 35.5. The topological polar surface area (TPSA) is 77.2 Å². The van der Waals surface area contributed by atoms with Gasteiger partial charge in [0.1, 0.15) is 5.75 Å². The number of benzene rings is 3. The van der Waals surface area contributed by atoms with E-state index in [2.05, 4.69) is 15.5 Å². The summed E-state index contributed by atoms with van der Waals surface area (Å²) in [5, 5.41) is 11.8. The lowest BCUT2D eigenvalue weighted by Crippen LogP contribution is -2.20. The molecule has 8 heteroatoms. The van der Waals surface area contributed by atoms with Crippen molar-refractivity contribution in [2.75, 3.05) is 11.9 Å². The first-order chi connectivity index (χ1) is 14.6. The number of halogens is 2. The Balaban J connectivity index is 1.51. The van der Waals surface area contributed by atoms with Gasteiger partial charge in [0.2, 0.25) is 11.8 Å². The molecule has 0 radical (unpaired) electrons. The molecule has 4 aromatic rings. The lowest BCUT2D eigenvalue weighted by molar-refractivity contribution is -0.118. The molecule has 0 saturated heterocycles. The summed E-state index contributed by atoms with van der Waals surface area (Å²) in [7, 11) is 0. The minimum atomic E-state index is -0.310. The fourth-order valence-electron chi connectivity index (χ4n) is 2.71. The van der Waals surface area contributed by atoms with Gasteiger partial charge in [-0.2, -0.15) is 0 Å². The zero-order valence-electron chi connectivity index (χ0n) is 15.5. The van der Waals surface area contributed by atoms with Crippen LogP contribution in [0.4, 0.5) is 5.69 Å². The third kappa shape index (κ3) is 4.62. The van der Waals surface area contributed by atoms with E-state index in [0.717, 1.165) is 0 Å². The van der Waals surface area contributed by atoms with Crippen molar-refractivity contribution in [1.29, 1.82) is 0 Å². The lowest BCUT2D eigenvalue weighted by Gasteiger charge is -2.09. The number of carbonyl (C=O) groups is 1. The number of rotatable bonds is 6. The van der Waals surface area contributed by atoms with Gasteiger partial charge in [0.25, 0.3) is 5.91 Å². The maximum atomic E-state index is 12.3. The van der Waals surface area contributed by atoms with Crippen molar-refractivity contribution < 1.29 is 13.9 Å². The van der Waals surface area contributed by atoms with Crippen LogP contribution < -0.4 is 10.1 Å². The number of nitrogens with one attached hydrogen (secondary N) is 1. The molecule has 1 N–H and O–H groups in total. The van der Waals surface area contributed by atoms with E-state index in [1.165, 1.54) is 0 Å². The molecule has 6 nitrogen and oxygen atoms in total. The van der Waals surface area contributed by atoms with Crippen LogP contribution in [0.3, 0.4) is 0 Å². The van der Waals surface area contributed by atoms with Crippen LogP contribution in [-0.4, -0.2) is 22.7 Å². The molecular weight excluding hydrogens is 425 g/mol. The fraction of sp³-hybridized carbons (Fsp3) is 0.0455. The SMILES string of the molecule is O=C(COc1ccccc1)Nc1ccccc1-c1nnc(-c2ccc(Cl)c(Cl)c2)o1. The van der Waals surface area contributed by atoms with Gasteiger partial charge in [-0.3, -0.25) is 4.79 Å². The van der Waals surface area contributed by atoms with Gasteiger partial charge in [0.15, 0.2) is 6.61 Å². The molecule has 1 aromatic heterocycles. The van der Waals surface area contributed by atoms with Gasteiger partial charge in [-0.1, -0.05) is 53.5 Å². The van der Waals surface area contributed by atoms with E-state index in [1.807, 2.05) is 24.3 Å². The molecule has 3 aromatic carbocycles. The Bertz CT molecular complexity index is 1180. The minimum Gasteiger partial charge on any atom is -0.484 e. The zero-order valence-corrected chi connectivity index (χ0v) is 17.0. The van der Waals surface area contributed by atoms with E-state index in [1.54, 1.807) is 48.5 Å². The molecule has 0 aliphatic rings. The summed E-state index contributed by atoms with van der Waals surface area (Å²) < 4.78 is 11.3. The molecule has 0 saturated carbocycles. The molecule has 0 spiro atoms. The predicted octanol–water partition coefficient (Wildman–Crippen LogP) is 5.73. The highest BCUT2D eigenvalue weighted by Crippen LogP contribution is 2.32. The van der Waals surface area contributed by atoms with E-state index < -0.39 is 0 Å². The third-order valence-electron chi connectivity index (χ3n) is 4.14. The zero-order chi connectivity index (χ0) is 20.9. The standard InChI is InChI=1S/C22H15Cl2N3O3/c23-17-11-10-14(12-18(17)24)21-26-27-22(30-21)16-8-4-5-9-19(16)25-20(28)13-29-15-6-2-1-3-7-15/h1-12H,13H2,(H,25,28). The molecular formula is C22H15Cl2N3O3. The molecule has 0 aliphatic carbocycles. The lowest BCUT2D eigenvalue weighted by atomic mass is 10.1. The average molecular weight is 440 g/mol. The predicted molar refractivity (Wildman–Crippen MR) is 116 cm³/mol.